The van der Waals surface area contributed by atoms with Gasteiger partial charge in [0.2, 0.25) is 5.91 Å². The quantitative estimate of drug-likeness (QED) is 0.802. The number of furan rings is 1. The third kappa shape index (κ3) is 3.70. The van der Waals surface area contributed by atoms with Gasteiger partial charge in [-0.1, -0.05) is 0 Å². The van der Waals surface area contributed by atoms with Crippen molar-refractivity contribution >= 4 is 5.91 Å². The van der Waals surface area contributed by atoms with E-state index in [1.54, 1.807) is 12.5 Å². The molecule has 1 aromatic heterocycles. The summed E-state index contributed by atoms with van der Waals surface area (Å²) in [7, 11) is 0. The third-order valence-electron chi connectivity index (χ3n) is 2.37. The van der Waals surface area contributed by atoms with Crippen molar-refractivity contribution in [2.45, 2.75) is 45.8 Å². The molecule has 2 unspecified atom stereocenters. The zero-order valence-electron chi connectivity index (χ0n) is 10.3. The Morgan fingerprint density at radius 3 is 2.50 bits per heavy atom. The number of rotatable bonds is 5. The first-order valence-electron chi connectivity index (χ1n) is 5.59. The van der Waals surface area contributed by atoms with Crippen LogP contribution in [0.3, 0.4) is 0 Å². The maximum absolute atomic E-state index is 11.7. The molecular weight excluding hydrogens is 204 g/mol. The van der Waals surface area contributed by atoms with E-state index in [4.69, 9.17) is 4.42 Å². The molecule has 0 saturated carbocycles. The summed E-state index contributed by atoms with van der Waals surface area (Å²) in [5.41, 5.74) is 1.05. The van der Waals surface area contributed by atoms with Gasteiger partial charge in [0.05, 0.1) is 18.6 Å². The van der Waals surface area contributed by atoms with Crippen LogP contribution in [0.1, 0.15) is 39.3 Å². The number of hydrogen-bond acceptors (Lipinski definition) is 3. The molecule has 0 fully saturated rings. The van der Waals surface area contributed by atoms with E-state index in [0.29, 0.717) is 0 Å². The zero-order valence-corrected chi connectivity index (χ0v) is 10.3. The molecule has 4 heteroatoms. The van der Waals surface area contributed by atoms with Crippen LogP contribution in [0.4, 0.5) is 0 Å². The van der Waals surface area contributed by atoms with Crippen molar-refractivity contribution in [2.75, 3.05) is 0 Å². The van der Waals surface area contributed by atoms with E-state index < -0.39 is 0 Å². The molecule has 2 atom stereocenters. The fourth-order valence-electron chi connectivity index (χ4n) is 1.48. The van der Waals surface area contributed by atoms with Gasteiger partial charge in [-0.05, 0) is 33.8 Å². The summed E-state index contributed by atoms with van der Waals surface area (Å²) in [6, 6.07) is 1.95. The highest BCUT2D eigenvalue weighted by Gasteiger charge is 2.16. The average molecular weight is 224 g/mol. The highest BCUT2D eigenvalue weighted by Crippen LogP contribution is 2.12. The van der Waals surface area contributed by atoms with Gasteiger partial charge < -0.3 is 9.73 Å². The Kier molecular flexibility index (Phi) is 4.55. The monoisotopic (exact) mass is 224 g/mol. The van der Waals surface area contributed by atoms with Crippen LogP contribution in [-0.2, 0) is 4.79 Å². The van der Waals surface area contributed by atoms with Gasteiger partial charge in [0.1, 0.15) is 0 Å². The van der Waals surface area contributed by atoms with Gasteiger partial charge >= 0.3 is 0 Å². The van der Waals surface area contributed by atoms with Gasteiger partial charge in [0.15, 0.2) is 0 Å². The van der Waals surface area contributed by atoms with Gasteiger partial charge in [-0.25, -0.2) is 0 Å². The van der Waals surface area contributed by atoms with E-state index in [-0.39, 0.29) is 24.0 Å². The van der Waals surface area contributed by atoms with Gasteiger partial charge in [0.25, 0.3) is 0 Å². The van der Waals surface area contributed by atoms with Crippen LogP contribution >= 0.6 is 0 Å². The first kappa shape index (κ1) is 12.8. The normalized spacial score (nSPS) is 14.8. The predicted molar refractivity (Wildman–Crippen MR) is 63.0 cm³/mol. The lowest BCUT2D eigenvalue weighted by atomic mass is 10.1. The predicted octanol–water partition coefficient (Wildman–Crippen LogP) is 1.84. The molecule has 90 valence electrons. The first-order valence-corrected chi connectivity index (χ1v) is 5.59. The molecule has 0 aromatic carbocycles. The summed E-state index contributed by atoms with van der Waals surface area (Å²) in [6.45, 7) is 7.76. The Hall–Kier alpha value is -1.29. The molecule has 1 aromatic rings. The summed E-state index contributed by atoms with van der Waals surface area (Å²) < 4.78 is 5.00. The highest BCUT2D eigenvalue weighted by molar-refractivity contribution is 5.81. The van der Waals surface area contributed by atoms with Crippen LogP contribution < -0.4 is 10.6 Å². The molecule has 1 heterocycles. The smallest absolute Gasteiger partial charge is 0.237 e. The molecule has 0 spiro atoms. The van der Waals surface area contributed by atoms with Crippen LogP contribution in [0.5, 0.6) is 0 Å². The topological polar surface area (TPSA) is 54.3 Å². The highest BCUT2D eigenvalue weighted by atomic mass is 16.3. The van der Waals surface area contributed by atoms with Gasteiger partial charge in [0, 0.05) is 17.6 Å². The lowest BCUT2D eigenvalue weighted by molar-refractivity contribution is -0.123. The molecule has 0 aliphatic rings. The Morgan fingerprint density at radius 2 is 2.00 bits per heavy atom. The maximum Gasteiger partial charge on any atom is 0.237 e. The third-order valence-corrected chi connectivity index (χ3v) is 2.37. The first-order chi connectivity index (χ1) is 7.50. The van der Waals surface area contributed by atoms with Gasteiger partial charge in [-0.3, -0.25) is 10.1 Å². The molecule has 1 amide bonds. The molecule has 2 N–H and O–H groups in total. The van der Waals surface area contributed by atoms with Gasteiger partial charge in [-0.15, -0.1) is 0 Å². The Balaban J connectivity index is 2.45. The molecular formula is C12H20N2O2. The van der Waals surface area contributed by atoms with E-state index >= 15 is 0 Å². The number of carbonyl (C=O) groups excluding carboxylic acids is 1. The van der Waals surface area contributed by atoms with Crippen molar-refractivity contribution < 1.29 is 9.21 Å². The van der Waals surface area contributed by atoms with Crippen LogP contribution in [0, 0.1) is 0 Å². The van der Waals surface area contributed by atoms with Crippen molar-refractivity contribution in [3.63, 3.8) is 0 Å². The Bertz CT molecular complexity index is 320. The molecule has 0 bridgehead atoms. The van der Waals surface area contributed by atoms with Crippen molar-refractivity contribution in [2.24, 2.45) is 0 Å². The molecule has 1 rings (SSSR count). The number of amides is 1. The lowest BCUT2D eigenvalue weighted by Gasteiger charge is -2.19. The number of nitrogens with one attached hydrogen (secondary N) is 2. The summed E-state index contributed by atoms with van der Waals surface area (Å²) in [6.07, 6.45) is 3.32. The van der Waals surface area contributed by atoms with Crippen LogP contribution in [0.25, 0.3) is 0 Å². The molecule has 0 radical (unpaired) electrons. The summed E-state index contributed by atoms with van der Waals surface area (Å²) in [5, 5.41) is 6.08. The average Bonchev–Trinajstić information content (AvgIpc) is 2.68. The molecule has 4 nitrogen and oxygen atoms in total. The van der Waals surface area contributed by atoms with Crippen molar-refractivity contribution in [3.05, 3.63) is 24.2 Å². The molecule has 0 aliphatic carbocycles. The minimum Gasteiger partial charge on any atom is -0.472 e. The SMILES string of the molecule is CC(C)NC(=O)C(C)NC(C)c1ccoc1. The standard InChI is InChI=1S/C12H20N2O2/c1-8(2)13-12(15)10(4)14-9(3)11-5-6-16-7-11/h5-10,14H,1-4H3,(H,13,15). The number of hydrogen-bond donors (Lipinski definition) is 2. The van der Waals surface area contributed by atoms with E-state index in [1.165, 1.54) is 0 Å². The minimum absolute atomic E-state index is 0.0188. The fraction of sp³-hybridized carbons (Fsp3) is 0.583. The lowest BCUT2D eigenvalue weighted by Crippen LogP contribution is -2.45. The second kappa shape index (κ2) is 5.70. The van der Waals surface area contributed by atoms with Crippen molar-refractivity contribution in [1.29, 1.82) is 0 Å². The largest absolute Gasteiger partial charge is 0.472 e. The van der Waals surface area contributed by atoms with E-state index in [1.807, 2.05) is 33.8 Å². The van der Waals surface area contributed by atoms with Crippen LogP contribution in [0.2, 0.25) is 0 Å². The van der Waals surface area contributed by atoms with Crippen LogP contribution in [-0.4, -0.2) is 18.0 Å². The zero-order chi connectivity index (χ0) is 12.1. The second-order valence-corrected chi connectivity index (χ2v) is 4.33. The molecule has 0 aliphatic heterocycles. The molecule has 0 saturated heterocycles. The fourth-order valence-corrected chi connectivity index (χ4v) is 1.48. The maximum atomic E-state index is 11.7. The van der Waals surface area contributed by atoms with Gasteiger partial charge in [-0.2, -0.15) is 0 Å². The van der Waals surface area contributed by atoms with Crippen LogP contribution in [0.15, 0.2) is 23.0 Å². The van der Waals surface area contributed by atoms with E-state index in [9.17, 15) is 4.79 Å². The van der Waals surface area contributed by atoms with E-state index in [2.05, 4.69) is 10.6 Å². The van der Waals surface area contributed by atoms with Crippen molar-refractivity contribution in [1.82, 2.24) is 10.6 Å². The minimum atomic E-state index is -0.215. The molecule has 16 heavy (non-hydrogen) atoms. The summed E-state index contributed by atoms with van der Waals surface area (Å²) in [4.78, 5) is 11.7. The second-order valence-electron chi connectivity index (χ2n) is 4.33. The Labute approximate surface area is 96.4 Å². The summed E-state index contributed by atoms with van der Waals surface area (Å²) in [5.74, 6) is 0.0188. The Morgan fingerprint density at radius 1 is 1.31 bits per heavy atom. The summed E-state index contributed by atoms with van der Waals surface area (Å²) >= 11 is 0. The van der Waals surface area contributed by atoms with E-state index in [0.717, 1.165) is 5.56 Å². The number of carbonyl (C=O) groups is 1. The van der Waals surface area contributed by atoms with Crippen molar-refractivity contribution in [3.8, 4) is 0 Å².